The molecule has 106 valence electrons. The van der Waals surface area contributed by atoms with E-state index in [0.29, 0.717) is 5.75 Å². The number of aliphatic hydroxyl groups is 4. The summed E-state index contributed by atoms with van der Waals surface area (Å²) in [4.78, 5) is 0. The Bertz CT molecular complexity index is 409. The summed E-state index contributed by atoms with van der Waals surface area (Å²) in [5, 5.41) is 38.1. The van der Waals surface area contributed by atoms with Gasteiger partial charge in [-0.25, -0.2) is 0 Å². The first kappa shape index (κ1) is 14.7. The molecule has 19 heavy (non-hydrogen) atoms. The van der Waals surface area contributed by atoms with Crippen LogP contribution in [-0.4, -0.2) is 57.7 Å². The van der Waals surface area contributed by atoms with Crippen molar-refractivity contribution in [3.63, 3.8) is 0 Å². The fraction of sp³-hybridized carbons (Fsp3) is 0.500. The molecule has 0 aromatic heterocycles. The Balaban J connectivity index is 2.08. The molecule has 1 aromatic rings. The lowest BCUT2D eigenvalue weighted by molar-refractivity contribution is -0.277. The quantitative estimate of drug-likeness (QED) is 0.602. The molecular weight excluding hydrogens is 320 g/mol. The summed E-state index contributed by atoms with van der Waals surface area (Å²) in [7, 11) is 0. The van der Waals surface area contributed by atoms with Gasteiger partial charge in [0.05, 0.1) is 6.61 Å². The molecule has 0 radical (unpaired) electrons. The van der Waals surface area contributed by atoms with E-state index in [9.17, 15) is 15.3 Å². The molecule has 1 heterocycles. The molecule has 2 rings (SSSR count). The van der Waals surface area contributed by atoms with Crippen LogP contribution in [0.25, 0.3) is 0 Å². The predicted molar refractivity (Wildman–Crippen MR) is 68.5 cm³/mol. The standard InChI is InChI=1S/C12H15BrO6/c13-6-1-3-7(4-2-6)18-12-11(17)10(16)9(15)8(5-14)19-12/h1-4,8-12,14-17H,5H2/t8?,9-,10?,11+,12-/m1/s1. The van der Waals surface area contributed by atoms with E-state index < -0.39 is 37.3 Å². The maximum atomic E-state index is 9.79. The second kappa shape index (κ2) is 6.17. The Kier molecular flexibility index (Phi) is 4.77. The average Bonchev–Trinajstić information content (AvgIpc) is 2.42. The summed E-state index contributed by atoms with van der Waals surface area (Å²) in [5.74, 6) is 0.438. The van der Waals surface area contributed by atoms with E-state index in [2.05, 4.69) is 15.9 Å². The van der Waals surface area contributed by atoms with Crippen LogP contribution in [0.5, 0.6) is 5.75 Å². The van der Waals surface area contributed by atoms with Crippen LogP contribution in [0, 0.1) is 0 Å². The minimum absolute atomic E-state index is 0.438. The lowest BCUT2D eigenvalue weighted by Crippen LogP contribution is -2.60. The second-order valence-corrected chi connectivity index (χ2v) is 5.18. The molecule has 1 aliphatic rings. The van der Waals surface area contributed by atoms with Crippen molar-refractivity contribution in [2.24, 2.45) is 0 Å². The highest BCUT2D eigenvalue weighted by molar-refractivity contribution is 9.10. The van der Waals surface area contributed by atoms with Gasteiger partial charge in [0, 0.05) is 4.47 Å². The maximum absolute atomic E-state index is 9.79. The molecule has 1 aromatic carbocycles. The number of rotatable bonds is 3. The molecule has 6 nitrogen and oxygen atoms in total. The third-order valence-electron chi connectivity index (χ3n) is 2.91. The van der Waals surface area contributed by atoms with Gasteiger partial charge in [-0.05, 0) is 24.3 Å². The fourth-order valence-electron chi connectivity index (χ4n) is 1.81. The summed E-state index contributed by atoms with van der Waals surface area (Å²) in [6, 6.07) is 6.82. The van der Waals surface area contributed by atoms with Crippen LogP contribution in [0.3, 0.4) is 0 Å². The third kappa shape index (κ3) is 3.25. The first-order chi connectivity index (χ1) is 9.02. The Hall–Kier alpha value is -0.700. The van der Waals surface area contributed by atoms with Crippen molar-refractivity contribution in [3.05, 3.63) is 28.7 Å². The van der Waals surface area contributed by atoms with E-state index in [1.165, 1.54) is 0 Å². The first-order valence-electron chi connectivity index (χ1n) is 5.75. The number of aliphatic hydroxyl groups excluding tert-OH is 4. The van der Waals surface area contributed by atoms with Crippen molar-refractivity contribution in [1.29, 1.82) is 0 Å². The molecule has 7 heteroatoms. The number of hydrogen-bond donors (Lipinski definition) is 4. The molecule has 0 saturated carbocycles. The van der Waals surface area contributed by atoms with Crippen LogP contribution < -0.4 is 4.74 Å². The van der Waals surface area contributed by atoms with E-state index >= 15 is 0 Å². The van der Waals surface area contributed by atoms with Crippen molar-refractivity contribution in [1.82, 2.24) is 0 Å². The topological polar surface area (TPSA) is 99.4 Å². The Labute approximate surface area is 118 Å². The summed E-state index contributed by atoms with van der Waals surface area (Å²) in [5.41, 5.74) is 0. The van der Waals surface area contributed by atoms with Gasteiger partial charge in [-0.15, -0.1) is 0 Å². The summed E-state index contributed by atoms with van der Waals surface area (Å²) >= 11 is 3.28. The molecule has 1 fully saturated rings. The fourth-order valence-corrected chi connectivity index (χ4v) is 2.08. The predicted octanol–water partition coefficient (Wildman–Crippen LogP) is -0.372. The van der Waals surface area contributed by atoms with Crippen LogP contribution in [0.2, 0.25) is 0 Å². The van der Waals surface area contributed by atoms with Crippen molar-refractivity contribution in [3.8, 4) is 5.75 Å². The van der Waals surface area contributed by atoms with Crippen LogP contribution >= 0.6 is 15.9 Å². The van der Waals surface area contributed by atoms with Gasteiger partial charge >= 0.3 is 0 Å². The molecule has 1 aliphatic heterocycles. The minimum Gasteiger partial charge on any atom is -0.462 e. The van der Waals surface area contributed by atoms with E-state index in [-0.39, 0.29) is 0 Å². The second-order valence-electron chi connectivity index (χ2n) is 4.27. The van der Waals surface area contributed by atoms with E-state index in [4.69, 9.17) is 14.6 Å². The smallest absolute Gasteiger partial charge is 0.229 e. The van der Waals surface area contributed by atoms with Crippen LogP contribution in [0.1, 0.15) is 0 Å². The number of halogens is 1. The van der Waals surface area contributed by atoms with E-state index in [1.807, 2.05) is 0 Å². The number of hydrogen-bond acceptors (Lipinski definition) is 6. The average molecular weight is 335 g/mol. The normalized spacial score (nSPS) is 35.1. The molecule has 2 unspecified atom stereocenters. The molecule has 5 atom stereocenters. The zero-order valence-corrected chi connectivity index (χ0v) is 11.5. The van der Waals surface area contributed by atoms with Gasteiger partial charge < -0.3 is 29.9 Å². The van der Waals surface area contributed by atoms with Crippen LogP contribution in [-0.2, 0) is 4.74 Å². The van der Waals surface area contributed by atoms with Crippen molar-refractivity contribution in [2.45, 2.75) is 30.7 Å². The molecule has 0 bridgehead atoms. The molecule has 4 N–H and O–H groups in total. The van der Waals surface area contributed by atoms with Crippen molar-refractivity contribution >= 4 is 15.9 Å². The summed E-state index contributed by atoms with van der Waals surface area (Å²) < 4.78 is 11.5. The highest BCUT2D eigenvalue weighted by Gasteiger charge is 2.44. The zero-order valence-electron chi connectivity index (χ0n) is 9.89. The monoisotopic (exact) mass is 334 g/mol. The molecule has 0 amide bonds. The number of benzene rings is 1. The highest BCUT2D eigenvalue weighted by Crippen LogP contribution is 2.25. The van der Waals surface area contributed by atoms with Gasteiger partial charge in [0.25, 0.3) is 0 Å². The highest BCUT2D eigenvalue weighted by atomic mass is 79.9. The van der Waals surface area contributed by atoms with Gasteiger partial charge in [-0.1, -0.05) is 15.9 Å². The lowest BCUT2D eigenvalue weighted by atomic mass is 9.99. The molecule has 1 saturated heterocycles. The Morgan fingerprint density at radius 3 is 2.26 bits per heavy atom. The number of ether oxygens (including phenoxy) is 2. The Morgan fingerprint density at radius 2 is 1.68 bits per heavy atom. The van der Waals surface area contributed by atoms with Gasteiger partial charge in [0.2, 0.25) is 6.29 Å². The largest absolute Gasteiger partial charge is 0.462 e. The third-order valence-corrected chi connectivity index (χ3v) is 3.44. The van der Waals surface area contributed by atoms with Crippen LogP contribution in [0.4, 0.5) is 0 Å². The minimum atomic E-state index is -1.44. The first-order valence-corrected chi connectivity index (χ1v) is 6.55. The van der Waals surface area contributed by atoms with Gasteiger partial charge in [-0.3, -0.25) is 0 Å². The zero-order chi connectivity index (χ0) is 14.0. The van der Waals surface area contributed by atoms with E-state index in [0.717, 1.165) is 4.47 Å². The van der Waals surface area contributed by atoms with Gasteiger partial charge in [-0.2, -0.15) is 0 Å². The van der Waals surface area contributed by atoms with E-state index in [1.54, 1.807) is 24.3 Å². The molecule has 0 spiro atoms. The molecular formula is C12H15BrO6. The SMILES string of the molecule is OCC1O[C@@H](Oc2ccc(Br)cc2)[C@@H](O)C(O)[C@@H]1O. The van der Waals surface area contributed by atoms with Crippen molar-refractivity contribution < 1.29 is 29.9 Å². The van der Waals surface area contributed by atoms with Crippen molar-refractivity contribution in [2.75, 3.05) is 6.61 Å². The van der Waals surface area contributed by atoms with Gasteiger partial charge in [0.1, 0.15) is 30.2 Å². The summed E-state index contributed by atoms with van der Waals surface area (Å²) in [6.45, 7) is -0.481. The summed E-state index contributed by atoms with van der Waals surface area (Å²) in [6.07, 6.45) is -6.35. The van der Waals surface area contributed by atoms with Crippen LogP contribution in [0.15, 0.2) is 28.7 Å². The maximum Gasteiger partial charge on any atom is 0.229 e. The lowest BCUT2D eigenvalue weighted by Gasteiger charge is -2.39. The Morgan fingerprint density at radius 1 is 1.05 bits per heavy atom. The molecule has 0 aliphatic carbocycles. The van der Waals surface area contributed by atoms with Gasteiger partial charge in [0.15, 0.2) is 0 Å².